The normalized spacial score (nSPS) is 22.5. The van der Waals surface area contributed by atoms with Crippen LogP contribution in [0.4, 0.5) is 0 Å². The quantitative estimate of drug-likeness (QED) is 0.497. The van der Waals surface area contributed by atoms with Crippen LogP contribution < -0.4 is 5.32 Å². The van der Waals surface area contributed by atoms with Crippen molar-refractivity contribution >= 4 is 22.9 Å². The highest BCUT2D eigenvalue weighted by atomic mass is 16.3. The number of nitrogens with zero attached hydrogens (tertiary/aromatic N) is 2. The molecule has 6 heteroatoms. The molecule has 3 aromatic rings. The molecular formula is C29H37N3O3. The van der Waals surface area contributed by atoms with Crippen LogP contribution in [0.5, 0.6) is 0 Å². The summed E-state index contributed by atoms with van der Waals surface area (Å²) < 4.78 is 7.58. The van der Waals surface area contributed by atoms with E-state index in [9.17, 15) is 9.59 Å². The average molecular weight is 476 g/mol. The van der Waals surface area contributed by atoms with Gasteiger partial charge in [0, 0.05) is 24.2 Å². The van der Waals surface area contributed by atoms with Crippen LogP contribution in [0.15, 0.2) is 53.1 Å². The number of carbonyl (C=O) groups is 2. The minimum atomic E-state index is -0.980. The van der Waals surface area contributed by atoms with Gasteiger partial charge in [-0.05, 0) is 45.1 Å². The molecule has 186 valence electrons. The molecule has 6 nitrogen and oxygen atoms in total. The van der Waals surface area contributed by atoms with Crippen LogP contribution in [0, 0.1) is 0 Å². The fourth-order valence-electron chi connectivity index (χ4n) is 6.01. The summed E-state index contributed by atoms with van der Waals surface area (Å²) in [6, 6.07) is 14.1. The molecule has 1 aliphatic carbocycles. The summed E-state index contributed by atoms with van der Waals surface area (Å²) >= 11 is 0. The summed E-state index contributed by atoms with van der Waals surface area (Å²) in [6.45, 7) is 4.44. The highest BCUT2D eigenvalue weighted by Gasteiger charge is 2.50. The molecule has 1 aliphatic heterocycles. The average Bonchev–Trinajstić information content (AvgIpc) is 3.42. The molecule has 1 N–H and O–H groups in total. The SMILES string of the molecule is C[C@@H](CCc1ccccc1)N1C(=O)c2cc3occc3n2C[C@]1(C)C(=O)NC1CCCCCCC1. The van der Waals surface area contributed by atoms with Gasteiger partial charge in [0.05, 0.1) is 18.3 Å². The Morgan fingerprint density at radius 3 is 2.57 bits per heavy atom. The molecular weight excluding hydrogens is 438 g/mol. The van der Waals surface area contributed by atoms with E-state index in [1.807, 2.05) is 46.7 Å². The predicted octanol–water partition coefficient (Wildman–Crippen LogP) is 5.70. The Balaban J connectivity index is 1.44. The fourth-order valence-corrected chi connectivity index (χ4v) is 6.01. The highest BCUT2D eigenvalue weighted by molar-refractivity contribution is 6.03. The third-order valence-electron chi connectivity index (χ3n) is 8.02. The number of fused-ring (bicyclic) bond motifs is 3. The Kier molecular flexibility index (Phi) is 6.72. The fraction of sp³-hybridized carbons (Fsp3) is 0.517. The second-order valence-corrected chi connectivity index (χ2v) is 10.6. The largest absolute Gasteiger partial charge is 0.463 e. The van der Waals surface area contributed by atoms with Gasteiger partial charge in [0.15, 0.2) is 5.58 Å². The zero-order valence-corrected chi connectivity index (χ0v) is 21.0. The van der Waals surface area contributed by atoms with Crippen LogP contribution in [0.25, 0.3) is 11.1 Å². The van der Waals surface area contributed by atoms with Crippen molar-refractivity contribution in [3.63, 3.8) is 0 Å². The van der Waals surface area contributed by atoms with E-state index in [2.05, 4.69) is 24.4 Å². The third kappa shape index (κ3) is 4.63. The van der Waals surface area contributed by atoms with Gasteiger partial charge in [-0.2, -0.15) is 0 Å². The first-order valence-electron chi connectivity index (χ1n) is 13.2. The maximum absolute atomic E-state index is 14.0. The van der Waals surface area contributed by atoms with Crippen molar-refractivity contribution < 1.29 is 14.0 Å². The Hall–Kier alpha value is -3.02. The Bertz CT molecular complexity index is 1170. The number of rotatable bonds is 6. The number of nitrogens with one attached hydrogen (secondary N) is 1. The lowest BCUT2D eigenvalue weighted by atomic mass is 9.90. The van der Waals surface area contributed by atoms with Gasteiger partial charge in [0.25, 0.3) is 5.91 Å². The number of hydrogen-bond donors (Lipinski definition) is 1. The molecule has 2 aromatic heterocycles. The number of aryl methyl sites for hydroxylation is 1. The van der Waals surface area contributed by atoms with E-state index in [-0.39, 0.29) is 23.9 Å². The maximum atomic E-state index is 14.0. The van der Waals surface area contributed by atoms with Gasteiger partial charge in [-0.1, -0.05) is 62.4 Å². The molecule has 0 bridgehead atoms. The zero-order valence-electron chi connectivity index (χ0n) is 21.0. The zero-order chi connectivity index (χ0) is 24.4. The van der Waals surface area contributed by atoms with Crippen molar-refractivity contribution in [1.29, 1.82) is 0 Å². The Labute approximate surface area is 207 Å². The molecule has 1 saturated carbocycles. The van der Waals surface area contributed by atoms with Crippen molar-refractivity contribution in [2.24, 2.45) is 0 Å². The van der Waals surface area contributed by atoms with Crippen LogP contribution in [0.2, 0.25) is 0 Å². The summed E-state index contributed by atoms with van der Waals surface area (Å²) in [7, 11) is 0. The number of carbonyl (C=O) groups excluding carboxylic acids is 2. The van der Waals surface area contributed by atoms with Gasteiger partial charge in [0.1, 0.15) is 11.2 Å². The van der Waals surface area contributed by atoms with Crippen molar-refractivity contribution in [2.45, 2.75) is 95.8 Å². The van der Waals surface area contributed by atoms with Gasteiger partial charge in [-0.15, -0.1) is 0 Å². The summed E-state index contributed by atoms with van der Waals surface area (Å²) in [4.78, 5) is 29.8. The van der Waals surface area contributed by atoms with E-state index in [4.69, 9.17) is 4.42 Å². The van der Waals surface area contributed by atoms with Crippen molar-refractivity contribution in [1.82, 2.24) is 14.8 Å². The van der Waals surface area contributed by atoms with Gasteiger partial charge >= 0.3 is 0 Å². The molecule has 1 fully saturated rings. The van der Waals surface area contributed by atoms with E-state index in [1.165, 1.54) is 24.8 Å². The topological polar surface area (TPSA) is 67.5 Å². The van der Waals surface area contributed by atoms with E-state index >= 15 is 0 Å². The molecule has 5 rings (SSSR count). The molecule has 2 amide bonds. The number of benzene rings is 1. The predicted molar refractivity (Wildman–Crippen MR) is 137 cm³/mol. The van der Waals surface area contributed by atoms with E-state index in [1.54, 1.807) is 6.26 Å². The summed E-state index contributed by atoms with van der Waals surface area (Å²) in [5, 5.41) is 3.37. The van der Waals surface area contributed by atoms with Gasteiger partial charge in [0.2, 0.25) is 5.91 Å². The van der Waals surface area contributed by atoms with Crippen LogP contribution in [0.1, 0.15) is 81.3 Å². The van der Waals surface area contributed by atoms with Crippen LogP contribution in [-0.4, -0.2) is 38.9 Å². The minimum absolute atomic E-state index is 0.0426. The first-order chi connectivity index (χ1) is 17.0. The van der Waals surface area contributed by atoms with Gasteiger partial charge < -0.3 is 19.2 Å². The third-order valence-corrected chi connectivity index (χ3v) is 8.02. The van der Waals surface area contributed by atoms with Crippen LogP contribution >= 0.6 is 0 Å². The van der Waals surface area contributed by atoms with E-state index in [0.717, 1.165) is 44.0 Å². The smallest absolute Gasteiger partial charge is 0.271 e. The second kappa shape index (κ2) is 9.92. The van der Waals surface area contributed by atoms with Gasteiger partial charge in [-0.3, -0.25) is 9.59 Å². The summed E-state index contributed by atoms with van der Waals surface area (Å²) in [6.07, 6.45) is 11.4. The van der Waals surface area contributed by atoms with Crippen molar-refractivity contribution in [2.75, 3.05) is 0 Å². The van der Waals surface area contributed by atoms with Crippen LogP contribution in [0.3, 0.4) is 0 Å². The summed E-state index contributed by atoms with van der Waals surface area (Å²) in [5.41, 5.74) is 2.42. The first-order valence-corrected chi connectivity index (χ1v) is 13.2. The number of aromatic nitrogens is 1. The number of furan rings is 1. The molecule has 0 saturated heterocycles. The van der Waals surface area contributed by atoms with E-state index in [0.29, 0.717) is 17.8 Å². The molecule has 0 spiro atoms. The Morgan fingerprint density at radius 1 is 1.11 bits per heavy atom. The number of hydrogen-bond acceptors (Lipinski definition) is 3. The Morgan fingerprint density at radius 2 is 1.83 bits per heavy atom. The lowest BCUT2D eigenvalue weighted by Gasteiger charge is -2.47. The number of amides is 2. The molecule has 0 radical (unpaired) electrons. The molecule has 2 aliphatic rings. The lowest BCUT2D eigenvalue weighted by Crippen LogP contribution is -2.67. The molecule has 35 heavy (non-hydrogen) atoms. The minimum Gasteiger partial charge on any atom is -0.463 e. The van der Waals surface area contributed by atoms with E-state index < -0.39 is 5.54 Å². The lowest BCUT2D eigenvalue weighted by molar-refractivity contribution is -0.135. The molecule has 3 heterocycles. The molecule has 1 aromatic carbocycles. The maximum Gasteiger partial charge on any atom is 0.271 e. The molecule has 0 unspecified atom stereocenters. The van der Waals surface area contributed by atoms with Crippen molar-refractivity contribution in [3.8, 4) is 0 Å². The standard InChI is InChI=1S/C29H37N3O3/c1-21(15-16-22-11-7-6-8-12-22)32-27(33)25-19-26-24(17-18-35-26)31(25)20-29(32,2)28(34)30-23-13-9-4-3-5-10-14-23/h6-8,11-12,17-19,21,23H,3-5,9-10,13-16,20H2,1-2H3,(H,30,34)/t21-,29+/m0/s1. The second-order valence-electron chi connectivity index (χ2n) is 10.6. The summed E-state index contributed by atoms with van der Waals surface area (Å²) in [5.74, 6) is -0.141. The van der Waals surface area contributed by atoms with Crippen LogP contribution in [-0.2, 0) is 17.8 Å². The monoisotopic (exact) mass is 475 g/mol. The first kappa shape index (κ1) is 23.7. The molecule has 2 atom stereocenters. The van der Waals surface area contributed by atoms with Crippen molar-refractivity contribution in [3.05, 3.63) is 60.0 Å². The van der Waals surface area contributed by atoms with Gasteiger partial charge in [-0.25, -0.2) is 0 Å². The highest BCUT2D eigenvalue weighted by Crippen LogP contribution is 2.35.